The average Bonchev–Trinajstić information content (AvgIpc) is 2.63. The van der Waals surface area contributed by atoms with Crippen molar-refractivity contribution >= 4 is 27.8 Å². The second kappa shape index (κ2) is 7.34. The summed E-state index contributed by atoms with van der Waals surface area (Å²) in [6.45, 7) is 4.09. The molecule has 27 heavy (non-hydrogen) atoms. The van der Waals surface area contributed by atoms with Crippen molar-refractivity contribution in [3.63, 3.8) is 0 Å². The maximum absolute atomic E-state index is 12.7. The zero-order valence-corrected chi connectivity index (χ0v) is 14.9. The highest BCUT2D eigenvalue weighted by atomic mass is 17.1. The molecule has 0 saturated carbocycles. The van der Waals surface area contributed by atoms with Gasteiger partial charge in [-0.15, -0.1) is 0 Å². The minimum atomic E-state index is -1.34. The summed E-state index contributed by atoms with van der Waals surface area (Å²) in [7, 11) is 0. The molecule has 0 bridgehead atoms. The van der Waals surface area contributed by atoms with Crippen LogP contribution in [0.1, 0.15) is 42.1 Å². The van der Waals surface area contributed by atoms with E-state index in [9.17, 15) is 19.5 Å². The Morgan fingerprint density at radius 3 is 2.44 bits per heavy atom. The zero-order valence-electron chi connectivity index (χ0n) is 14.9. The summed E-state index contributed by atoms with van der Waals surface area (Å²) in [6, 6.07) is 3.72. The van der Waals surface area contributed by atoms with Gasteiger partial charge in [-0.05, 0) is 19.4 Å². The van der Waals surface area contributed by atoms with Crippen LogP contribution in [-0.4, -0.2) is 20.9 Å². The predicted molar refractivity (Wildman–Crippen MR) is 98.3 cm³/mol. The van der Waals surface area contributed by atoms with Crippen molar-refractivity contribution in [2.24, 2.45) is 0 Å². The van der Waals surface area contributed by atoms with Gasteiger partial charge in [0.1, 0.15) is 12.2 Å². The number of fused-ring (bicyclic) bond motifs is 2. The summed E-state index contributed by atoms with van der Waals surface area (Å²) >= 11 is 0. The number of hydrogen-bond acceptors (Lipinski definition) is 6. The zero-order chi connectivity index (χ0) is 19.7. The molecule has 1 aromatic carbocycles. The molecule has 0 saturated heterocycles. The van der Waals surface area contributed by atoms with Crippen LogP contribution >= 0.6 is 0 Å². The maximum atomic E-state index is 12.7. The van der Waals surface area contributed by atoms with Gasteiger partial charge in [-0.25, -0.2) is 9.68 Å². The lowest BCUT2D eigenvalue weighted by Gasteiger charge is -2.18. The highest BCUT2D eigenvalue weighted by molar-refractivity contribution is 5.99. The molecule has 0 aliphatic heterocycles. The monoisotopic (exact) mass is 373 g/mol. The number of carbonyl (C=O) groups is 1. The van der Waals surface area contributed by atoms with Crippen LogP contribution < -0.4 is 10.9 Å². The number of carboxylic acid groups (broad SMARTS) is 1. The molecule has 2 aromatic heterocycles. The number of rotatable bonds is 6. The summed E-state index contributed by atoms with van der Waals surface area (Å²) in [5.74, 6) is -1.80. The average molecular weight is 373 g/mol. The van der Waals surface area contributed by atoms with Gasteiger partial charge in [0, 0.05) is 29.6 Å². The van der Waals surface area contributed by atoms with Gasteiger partial charge in [0.15, 0.2) is 10.9 Å². The first-order valence-electron chi connectivity index (χ1n) is 8.58. The normalized spacial score (nSPS) is 11.4. The van der Waals surface area contributed by atoms with Crippen molar-refractivity contribution in [1.29, 1.82) is 0 Å². The molecule has 3 aromatic rings. The van der Waals surface area contributed by atoms with Gasteiger partial charge in [0.25, 0.3) is 0 Å². The van der Waals surface area contributed by atoms with E-state index in [0.29, 0.717) is 41.5 Å². The molecular weight excluding hydrogens is 354 g/mol. The first-order chi connectivity index (χ1) is 12.9. The van der Waals surface area contributed by atoms with E-state index >= 15 is 0 Å². The highest BCUT2D eigenvalue weighted by Gasteiger charge is 2.20. The van der Waals surface area contributed by atoms with Crippen LogP contribution in [0.3, 0.4) is 0 Å². The Morgan fingerprint density at radius 2 is 1.85 bits per heavy atom. The van der Waals surface area contributed by atoms with Gasteiger partial charge in [0.2, 0.25) is 5.76 Å². The van der Waals surface area contributed by atoms with Crippen molar-refractivity contribution in [1.82, 2.24) is 4.57 Å². The van der Waals surface area contributed by atoms with Crippen molar-refractivity contribution in [2.45, 2.75) is 39.8 Å². The van der Waals surface area contributed by atoms with Crippen LogP contribution in [0.4, 0.5) is 0 Å². The Morgan fingerprint density at radius 1 is 1.15 bits per heavy atom. The van der Waals surface area contributed by atoms with Crippen LogP contribution in [0.15, 0.2) is 32.2 Å². The van der Waals surface area contributed by atoms with Gasteiger partial charge in [-0.2, -0.15) is 0 Å². The molecule has 2 N–H and O–H groups in total. The van der Waals surface area contributed by atoms with Crippen molar-refractivity contribution in [2.75, 3.05) is 0 Å². The molecule has 3 rings (SSSR count). The molecule has 2 heterocycles. The van der Waals surface area contributed by atoms with E-state index < -0.39 is 17.2 Å². The Kier molecular flexibility index (Phi) is 5.11. The molecule has 0 unspecified atom stereocenters. The predicted octanol–water partition coefficient (Wildman–Crippen LogP) is 2.77. The van der Waals surface area contributed by atoms with Crippen LogP contribution in [0.5, 0.6) is 0 Å². The van der Waals surface area contributed by atoms with Gasteiger partial charge in [-0.3, -0.25) is 14.8 Å². The van der Waals surface area contributed by atoms with E-state index in [1.165, 1.54) is 12.1 Å². The second-order valence-corrected chi connectivity index (χ2v) is 6.18. The molecule has 0 fully saturated rings. The first kappa shape index (κ1) is 18.8. The van der Waals surface area contributed by atoms with Crippen LogP contribution in [-0.2, 0) is 24.5 Å². The quantitative estimate of drug-likeness (QED) is 0.387. The molecule has 0 aliphatic rings. The summed E-state index contributed by atoms with van der Waals surface area (Å²) < 4.78 is 7.34. The third-order valence-electron chi connectivity index (χ3n) is 4.51. The fraction of sp³-hybridized carbons (Fsp3) is 0.316. The largest absolute Gasteiger partial charge is 0.475 e. The van der Waals surface area contributed by atoms with Gasteiger partial charge >= 0.3 is 5.97 Å². The molecule has 8 nitrogen and oxygen atoms in total. The number of nitrogens with zero attached hydrogens (tertiary/aromatic N) is 1. The first-order valence-corrected chi connectivity index (χ1v) is 8.58. The smallest absolute Gasteiger partial charge is 0.371 e. The van der Waals surface area contributed by atoms with Crippen molar-refractivity contribution < 1.29 is 24.5 Å². The topological polar surface area (TPSA) is 119 Å². The summed E-state index contributed by atoms with van der Waals surface area (Å²) in [4.78, 5) is 40.6. The van der Waals surface area contributed by atoms with E-state index in [0.717, 1.165) is 6.07 Å². The SMILES string of the molecule is CCCc1c2oc(C(=O)O)cc(=O)c2cc2c(=O)cc(COO)n(CC)c12. The molecule has 8 heteroatoms. The van der Waals surface area contributed by atoms with Crippen LogP contribution in [0.25, 0.3) is 21.9 Å². The fourth-order valence-electron chi connectivity index (χ4n) is 3.43. The van der Waals surface area contributed by atoms with Crippen LogP contribution in [0, 0.1) is 0 Å². The number of carboxylic acids is 1. The van der Waals surface area contributed by atoms with Crippen LogP contribution in [0.2, 0.25) is 0 Å². The van der Waals surface area contributed by atoms with Crippen molar-refractivity contribution in [3.8, 4) is 0 Å². The molecule has 0 aliphatic carbocycles. The van der Waals surface area contributed by atoms with Gasteiger partial charge in [-0.1, -0.05) is 13.3 Å². The third-order valence-corrected chi connectivity index (χ3v) is 4.51. The Bertz CT molecular complexity index is 1160. The fourth-order valence-corrected chi connectivity index (χ4v) is 3.43. The molecule has 0 radical (unpaired) electrons. The number of aromatic carboxylic acids is 1. The number of aryl methyl sites for hydroxylation is 2. The van der Waals surface area contributed by atoms with E-state index in [4.69, 9.17) is 9.67 Å². The van der Waals surface area contributed by atoms with E-state index in [1.54, 1.807) is 4.57 Å². The minimum absolute atomic E-state index is 0.165. The number of hydrogen-bond donors (Lipinski definition) is 2. The lowest BCUT2D eigenvalue weighted by atomic mass is 10.00. The Hall–Kier alpha value is -2.97. The maximum Gasteiger partial charge on any atom is 0.371 e. The molecule has 142 valence electrons. The lowest BCUT2D eigenvalue weighted by Crippen LogP contribution is -2.17. The van der Waals surface area contributed by atoms with E-state index in [-0.39, 0.29) is 23.0 Å². The Labute approximate surface area is 153 Å². The summed E-state index contributed by atoms with van der Waals surface area (Å²) in [6.07, 6.45) is 1.16. The van der Waals surface area contributed by atoms with Crippen molar-refractivity contribution in [3.05, 3.63) is 55.7 Å². The standard InChI is InChI=1S/C19H19NO7/c1-3-5-11-17-12(14(21)6-10(9-26-25)20(17)4-2)7-13-15(22)8-16(19(23)24)27-18(11)13/h6-8,25H,3-5,9H2,1-2H3,(H,23,24). The molecule has 0 amide bonds. The van der Waals surface area contributed by atoms with E-state index in [2.05, 4.69) is 4.89 Å². The second-order valence-electron chi connectivity index (χ2n) is 6.18. The lowest BCUT2D eigenvalue weighted by molar-refractivity contribution is -0.254. The van der Waals surface area contributed by atoms with Gasteiger partial charge in [0.05, 0.1) is 16.6 Å². The molecular formula is C19H19NO7. The van der Waals surface area contributed by atoms with Gasteiger partial charge < -0.3 is 14.1 Å². The number of aromatic nitrogens is 1. The third kappa shape index (κ3) is 3.13. The number of pyridine rings is 1. The number of benzene rings is 1. The summed E-state index contributed by atoms with van der Waals surface area (Å²) in [5, 5.41) is 18.6. The molecule has 0 spiro atoms. The highest BCUT2D eigenvalue weighted by Crippen LogP contribution is 2.28. The van der Waals surface area contributed by atoms with E-state index in [1.807, 2.05) is 13.8 Å². The Balaban J connectivity index is 2.60. The molecule has 0 atom stereocenters. The summed E-state index contributed by atoms with van der Waals surface area (Å²) in [5.41, 5.74) is 0.936. The minimum Gasteiger partial charge on any atom is -0.475 e.